The molecule has 1 aromatic carbocycles. The highest BCUT2D eigenvalue weighted by Gasteiger charge is 2.34. The van der Waals surface area contributed by atoms with Gasteiger partial charge in [0.05, 0.1) is 0 Å². The molecular weight excluding hydrogens is 220 g/mol. The number of halogens is 1. The van der Waals surface area contributed by atoms with Crippen LogP contribution >= 0.6 is 12.4 Å². The molecule has 2 nitrogen and oxygen atoms in total. The van der Waals surface area contributed by atoms with Gasteiger partial charge in [-0.2, -0.15) is 0 Å². The van der Waals surface area contributed by atoms with Gasteiger partial charge in [-0.05, 0) is 24.8 Å². The minimum Gasteiger partial charge on any atom is -0.326 e. The Hall–Kier alpha value is -0.570. The van der Waals surface area contributed by atoms with E-state index in [2.05, 4.69) is 24.3 Å². The van der Waals surface area contributed by atoms with Crippen molar-refractivity contribution in [3.05, 3.63) is 35.9 Å². The van der Waals surface area contributed by atoms with Crippen LogP contribution in [0.5, 0.6) is 0 Å². The maximum absolute atomic E-state index is 6.41. The van der Waals surface area contributed by atoms with Crippen LogP contribution in [0.25, 0.3) is 0 Å². The normalized spacial score (nSPS) is 29.5. The van der Waals surface area contributed by atoms with E-state index in [0.29, 0.717) is 0 Å². The van der Waals surface area contributed by atoms with Crippen LogP contribution in [0.2, 0.25) is 0 Å². The van der Waals surface area contributed by atoms with Gasteiger partial charge in [-0.25, -0.2) is 0 Å². The number of benzene rings is 1. The summed E-state index contributed by atoms with van der Waals surface area (Å²) in [5.41, 5.74) is 13.7. The molecule has 0 aromatic heterocycles. The predicted molar refractivity (Wildman–Crippen MR) is 70.8 cm³/mol. The van der Waals surface area contributed by atoms with Gasteiger partial charge in [0.25, 0.3) is 0 Å². The molecule has 16 heavy (non-hydrogen) atoms. The summed E-state index contributed by atoms with van der Waals surface area (Å²) >= 11 is 0. The Morgan fingerprint density at radius 2 is 1.88 bits per heavy atom. The van der Waals surface area contributed by atoms with Gasteiger partial charge < -0.3 is 11.5 Å². The fourth-order valence-electron chi connectivity index (χ4n) is 2.49. The van der Waals surface area contributed by atoms with Crippen molar-refractivity contribution >= 4 is 12.4 Å². The maximum Gasteiger partial charge on any atom is 0.0348 e. The third kappa shape index (κ3) is 2.97. The lowest BCUT2D eigenvalue weighted by atomic mass is 9.75. The van der Waals surface area contributed by atoms with E-state index in [4.69, 9.17) is 11.5 Å². The second-order valence-electron chi connectivity index (χ2n) is 4.75. The summed E-state index contributed by atoms with van der Waals surface area (Å²) in [7, 11) is 0. The molecular formula is C13H21ClN2. The average molecular weight is 241 g/mol. The molecule has 0 saturated heterocycles. The largest absolute Gasteiger partial charge is 0.326 e. The molecule has 4 N–H and O–H groups in total. The first kappa shape index (κ1) is 13.5. The highest BCUT2D eigenvalue weighted by Crippen LogP contribution is 2.28. The molecule has 2 rings (SSSR count). The van der Waals surface area contributed by atoms with Crippen molar-refractivity contribution in [3.8, 4) is 0 Å². The SMILES string of the molecule is Cl.NC1CCCCC1(N)Cc1ccccc1. The quantitative estimate of drug-likeness (QED) is 0.833. The van der Waals surface area contributed by atoms with Crippen molar-refractivity contribution in [2.45, 2.75) is 43.7 Å². The van der Waals surface area contributed by atoms with Gasteiger partial charge in [-0.15, -0.1) is 12.4 Å². The Morgan fingerprint density at radius 3 is 2.50 bits per heavy atom. The molecule has 90 valence electrons. The Balaban J connectivity index is 0.00000128. The molecule has 0 heterocycles. The molecule has 3 heteroatoms. The zero-order valence-corrected chi connectivity index (χ0v) is 10.4. The summed E-state index contributed by atoms with van der Waals surface area (Å²) in [5, 5.41) is 0. The molecule has 0 radical (unpaired) electrons. The summed E-state index contributed by atoms with van der Waals surface area (Å²) in [6, 6.07) is 10.6. The van der Waals surface area contributed by atoms with Crippen LogP contribution in [0.1, 0.15) is 31.2 Å². The van der Waals surface area contributed by atoms with E-state index < -0.39 is 0 Å². The van der Waals surface area contributed by atoms with Crippen LogP contribution in [-0.2, 0) is 6.42 Å². The fraction of sp³-hybridized carbons (Fsp3) is 0.538. The van der Waals surface area contributed by atoms with Crippen molar-refractivity contribution < 1.29 is 0 Å². The van der Waals surface area contributed by atoms with Gasteiger partial charge in [0, 0.05) is 11.6 Å². The summed E-state index contributed by atoms with van der Waals surface area (Å²) < 4.78 is 0. The summed E-state index contributed by atoms with van der Waals surface area (Å²) in [6.45, 7) is 0. The molecule has 0 aliphatic heterocycles. The van der Waals surface area contributed by atoms with Gasteiger partial charge in [-0.1, -0.05) is 43.2 Å². The standard InChI is InChI=1S/C13H20N2.ClH/c14-12-8-4-5-9-13(12,15)10-11-6-2-1-3-7-11;/h1-3,6-7,12H,4-5,8-10,14-15H2;1H. The molecule has 1 aliphatic rings. The van der Waals surface area contributed by atoms with E-state index in [1.165, 1.54) is 18.4 Å². The molecule has 2 atom stereocenters. The van der Waals surface area contributed by atoms with E-state index in [-0.39, 0.29) is 24.0 Å². The van der Waals surface area contributed by atoms with Crippen molar-refractivity contribution in [2.75, 3.05) is 0 Å². The highest BCUT2D eigenvalue weighted by molar-refractivity contribution is 5.85. The van der Waals surface area contributed by atoms with Crippen LogP contribution in [0, 0.1) is 0 Å². The Kier molecular flexibility index (Phi) is 4.78. The zero-order chi connectivity index (χ0) is 10.7. The Labute approximate surface area is 104 Å². The van der Waals surface area contributed by atoms with Crippen molar-refractivity contribution in [1.29, 1.82) is 0 Å². The lowest BCUT2D eigenvalue weighted by molar-refractivity contribution is 0.251. The minimum absolute atomic E-state index is 0. The molecule has 0 amide bonds. The molecule has 1 aliphatic carbocycles. The van der Waals surface area contributed by atoms with E-state index in [1.807, 2.05) is 6.07 Å². The first-order chi connectivity index (χ1) is 7.21. The number of hydrogen-bond donors (Lipinski definition) is 2. The smallest absolute Gasteiger partial charge is 0.0348 e. The molecule has 1 saturated carbocycles. The van der Waals surface area contributed by atoms with E-state index in [1.54, 1.807) is 0 Å². The topological polar surface area (TPSA) is 52.0 Å². The number of nitrogens with two attached hydrogens (primary N) is 2. The monoisotopic (exact) mass is 240 g/mol. The lowest BCUT2D eigenvalue weighted by Gasteiger charge is -2.39. The summed E-state index contributed by atoms with van der Waals surface area (Å²) in [6.07, 6.45) is 5.49. The second kappa shape index (κ2) is 5.67. The first-order valence-electron chi connectivity index (χ1n) is 5.79. The molecule has 2 unspecified atom stereocenters. The zero-order valence-electron chi connectivity index (χ0n) is 9.56. The van der Waals surface area contributed by atoms with Crippen molar-refractivity contribution in [2.24, 2.45) is 11.5 Å². The molecule has 1 fully saturated rings. The van der Waals surface area contributed by atoms with Crippen LogP contribution in [-0.4, -0.2) is 11.6 Å². The predicted octanol–water partition coefficient (Wildman–Crippen LogP) is 2.25. The molecule has 0 spiro atoms. The van der Waals surface area contributed by atoms with Crippen LogP contribution in [0.15, 0.2) is 30.3 Å². The van der Waals surface area contributed by atoms with E-state index in [0.717, 1.165) is 19.3 Å². The highest BCUT2D eigenvalue weighted by atomic mass is 35.5. The van der Waals surface area contributed by atoms with Crippen molar-refractivity contribution in [1.82, 2.24) is 0 Å². The number of hydrogen-bond acceptors (Lipinski definition) is 2. The number of rotatable bonds is 2. The third-order valence-corrected chi connectivity index (χ3v) is 3.52. The van der Waals surface area contributed by atoms with Crippen LogP contribution in [0.4, 0.5) is 0 Å². The van der Waals surface area contributed by atoms with Gasteiger partial charge in [0.1, 0.15) is 0 Å². The van der Waals surface area contributed by atoms with Crippen LogP contribution < -0.4 is 11.5 Å². The van der Waals surface area contributed by atoms with Crippen molar-refractivity contribution in [3.63, 3.8) is 0 Å². The van der Waals surface area contributed by atoms with Gasteiger partial charge in [0.15, 0.2) is 0 Å². The molecule has 1 aromatic rings. The first-order valence-corrected chi connectivity index (χ1v) is 5.79. The average Bonchev–Trinajstić information content (AvgIpc) is 2.24. The maximum atomic E-state index is 6.41. The lowest BCUT2D eigenvalue weighted by Crippen LogP contribution is -2.58. The van der Waals surface area contributed by atoms with Gasteiger partial charge >= 0.3 is 0 Å². The third-order valence-electron chi connectivity index (χ3n) is 3.52. The fourth-order valence-corrected chi connectivity index (χ4v) is 2.49. The summed E-state index contributed by atoms with van der Waals surface area (Å²) in [4.78, 5) is 0. The van der Waals surface area contributed by atoms with Gasteiger partial charge in [-0.3, -0.25) is 0 Å². The molecule has 0 bridgehead atoms. The second-order valence-corrected chi connectivity index (χ2v) is 4.75. The Morgan fingerprint density at radius 1 is 1.19 bits per heavy atom. The van der Waals surface area contributed by atoms with E-state index in [9.17, 15) is 0 Å². The Bertz CT molecular complexity index is 315. The van der Waals surface area contributed by atoms with E-state index >= 15 is 0 Å². The van der Waals surface area contributed by atoms with Crippen LogP contribution in [0.3, 0.4) is 0 Å². The minimum atomic E-state index is -0.181. The van der Waals surface area contributed by atoms with Gasteiger partial charge in [0.2, 0.25) is 0 Å². The summed E-state index contributed by atoms with van der Waals surface area (Å²) in [5.74, 6) is 0.